The summed E-state index contributed by atoms with van der Waals surface area (Å²) in [6.45, 7) is 3.50. The fourth-order valence-electron chi connectivity index (χ4n) is 0.551. The molecule has 1 atom stereocenters. The number of hydrogen-bond acceptors (Lipinski definition) is 2. The molecule has 0 aliphatic carbocycles. The lowest BCUT2D eigenvalue weighted by Gasteiger charge is -2.04. The van der Waals surface area contributed by atoms with E-state index in [1.54, 1.807) is 25.3 Å². The predicted octanol–water partition coefficient (Wildman–Crippen LogP) is 1.33. The first kappa shape index (κ1) is 9.11. The first-order valence-electron chi connectivity index (χ1n) is 3.10. The van der Waals surface area contributed by atoms with Crippen LogP contribution in [0.2, 0.25) is 0 Å². The van der Waals surface area contributed by atoms with E-state index in [2.05, 4.69) is 6.58 Å². The van der Waals surface area contributed by atoms with E-state index < -0.39 is 0 Å². The minimum Gasteiger partial charge on any atom is -0.377 e. The minimum atomic E-state index is -0.101. The molecule has 0 aromatic rings. The van der Waals surface area contributed by atoms with Crippen LogP contribution in [0.15, 0.2) is 24.8 Å². The molecule has 0 aromatic heterocycles. The fraction of sp³-hybridized carbons (Fsp3) is 0.375. The molecule has 0 amide bonds. The molecule has 2 heteroatoms. The lowest BCUT2D eigenvalue weighted by molar-refractivity contribution is -0.109. The van der Waals surface area contributed by atoms with E-state index in [0.717, 1.165) is 6.29 Å². The molecule has 0 aliphatic rings. The normalized spacial score (nSPS) is 13.3. The quantitative estimate of drug-likeness (QED) is 0.425. The summed E-state index contributed by atoms with van der Waals surface area (Å²) in [7, 11) is 1.57. The molecule has 0 aliphatic heterocycles. The monoisotopic (exact) mass is 140 g/mol. The van der Waals surface area contributed by atoms with E-state index in [1.807, 2.05) is 0 Å². The summed E-state index contributed by atoms with van der Waals surface area (Å²) in [4.78, 5) is 10.00. The Morgan fingerprint density at radius 1 is 1.70 bits per heavy atom. The van der Waals surface area contributed by atoms with Crippen LogP contribution in [0.5, 0.6) is 0 Å². The van der Waals surface area contributed by atoms with Crippen LogP contribution in [0.4, 0.5) is 0 Å². The first-order valence-corrected chi connectivity index (χ1v) is 3.10. The van der Waals surface area contributed by atoms with Gasteiger partial charge in [0.1, 0.15) is 6.29 Å². The van der Waals surface area contributed by atoms with Gasteiger partial charge in [0.15, 0.2) is 0 Å². The van der Waals surface area contributed by atoms with Gasteiger partial charge in [-0.25, -0.2) is 0 Å². The van der Waals surface area contributed by atoms with Gasteiger partial charge in [0.25, 0.3) is 0 Å². The molecule has 56 valence electrons. The van der Waals surface area contributed by atoms with Gasteiger partial charge in [0, 0.05) is 13.5 Å². The van der Waals surface area contributed by atoms with Gasteiger partial charge in [-0.2, -0.15) is 0 Å². The second-order valence-corrected chi connectivity index (χ2v) is 1.80. The zero-order valence-corrected chi connectivity index (χ0v) is 6.12. The average Bonchev–Trinajstić information content (AvgIpc) is 1.98. The predicted molar refractivity (Wildman–Crippen MR) is 40.8 cm³/mol. The third kappa shape index (κ3) is 4.04. The highest BCUT2D eigenvalue weighted by molar-refractivity contribution is 5.50. The third-order valence-electron chi connectivity index (χ3n) is 1.09. The van der Waals surface area contributed by atoms with Crippen LogP contribution in [0.25, 0.3) is 0 Å². The van der Waals surface area contributed by atoms with Crippen LogP contribution in [-0.2, 0) is 9.53 Å². The van der Waals surface area contributed by atoms with Crippen molar-refractivity contribution in [3.05, 3.63) is 24.8 Å². The molecule has 0 saturated heterocycles. The molecule has 0 N–H and O–H groups in total. The van der Waals surface area contributed by atoms with Gasteiger partial charge in [-0.1, -0.05) is 24.8 Å². The Kier molecular flexibility index (Phi) is 5.68. The van der Waals surface area contributed by atoms with Crippen LogP contribution in [-0.4, -0.2) is 19.5 Å². The first-order chi connectivity index (χ1) is 4.85. The Morgan fingerprint density at radius 2 is 2.40 bits per heavy atom. The summed E-state index contributed by atoms with van der Waals surface area (Å²) < 4.78 is 4.93. The van der Waals surface area contributed by atoms with Gasteiger partial charge in [0.05, 0.1) is 6.10 Å². The van der Waals surface area contributed by atoms with E-state index in [0.29, 0.717) is 6.42 Å². The molecular weight excluding hydrogens is 128 g/mol. The summed E-state index contributed by atoms with van der Waals surface area (Å²) in [5.41, 5.74) is 0. The van der Waals surface area contributed by atoms with Crippen LogP contribution >= 0.6 is 0 Å². The lowest BCUT2D eigenvalue weighted by Crippen LogP contribution is -2.06. The van der Waals surface area contributed by atoms with E-state index in [-0.39, 0.29) is 6.10 Å². The van der Waals surface area contributed by atoms with E-state index >= 15 is 0 Å². The molecule has 0 radical (unpaired) electrons. The lowest BCUT2D eigenvalue weighted by atomic mass is 10.2. The molecule has 0 heterocycles. The maximum atomic E-state index is 10.00. The van der Waals surface area contributed by atoms with Crippen LogP contribution in [0, 0.1) is 0 Å². The fourth-order valence-corrected chi connectivity index (χ4v) is 0.551. The van der Waals surface area contributed by atoms with Crippen molar-refractivity contribution in [1.29, 1.82) is 0 Å². The Labute approximate surface area is 61.2 Å². The van der Waals surface area contributed by atoms with Crippen molar-refractivity contribution < 1.29 is 9.53 Å². The maximum Gasteiger partial charge on any atom is 0.122 e. The minimum absolute atomic E-state index is 0.101. The average molecular weight is 140 g/mol. The number of ether oxygens (including phenoxy) is 1. The van der Waals surface area contributed by atoms with Gasteiger partial charge in [-0.15, -0.1) is 0 Å². The Morgan fingerprint density at radius 3 is 2.80 bits per heavy atom. The van der Waals surface area contributed by atoms with Crippen molar-refractivity contribution in [3.63, 3.8) is 0 Å². The number of carbonyl (C=O) groups excluding carboxylic acids is 1. The standard InChI is InChI=1S/C8H12O2/c1-3-4-5-8(10-2)6-7-9/h3-5,7-8H,1,6H2,2H3/b5-4+/t8-/m0/s1. The molecule has 10 heavy (non-hydrogen) atoms. The highest BCUT2D eigenvalue weighted by Gasteiger charge is 1.98. The Hall–Kier alpha value is -0.890. The SMILES string of the molecule is C=C/C=C/[C@@H](CC=O)OC. The van der Waals surface area contributed by atoms with Gasteiger partial charge in [-0.3, -0.25) is 0 Å². The van der Waals surface area contributed by atoms with E-state index in [9.17, 15) is 4.79 Å². The van der Waals surface area contributed by atoms with Crippen molar-refractivity contribution in [2.24, 2.45) is 0 Å². The van der Waals surface area contributed by atoms with Gasteiger partial charge >= 0.3 is 0 Å². The zero-order valence-electron chi connectivity index (χ0n) is 6.12. The van der Waals surface area contributed by atoms with Gasteiger partial charge in [-0.05, 0) is 0 Å². The Balaban J connectivity index is 3.68. The Bertz CT molecular complexity index is 127. The smallest absolute Gasteiger partial charge is 0.122 e. The van der Waals surface area contributed by atoms with Crippen molar-refractivity contribution in [2.45, 2.75) is 12.5 Å². The van der Waals surface area contributed by atoms with Crippen molar-refractivity contribution in [3.8, 4) is 0 Å². The van der Waals surface area contributed by atoms with Crippen molar-refractivity contribution >= 4 is 6.29 Å². The number of methoxy groups -OCH3 is 1. The largest absolute Gasteiger partial charge is 0.377 e. The molecule has 0 bridgehead atoms. The summed E-state index contributed by atoms with van der Waals surface area (Å²) in [5.74, 6) is 0. The van der Waals surface area contributed by atoms with Crippen molar-refractivity contribution in [2.75, 3.05) is 7.11 Å². The molecule has 0 unspecified atom stereocenters. The summed E-state index contributed by atoms with van der Waals surface area (Å²) in [5, 5.41) is 0. The third-order valence-corrected chi connectivity index (χ3v) is 1.09. The number of hydrogen-bond donors (Lipinski definition) is 0. The molecule has 0 aromatic carbocycles. The highest BCUT2D eigenvalue weighted by atomic mass is 16.5. The number of carbonyl (C=O) groups is 1. The van der Waals surface area contributed by atoms with Crippen LogP contribution in [0.1, 0.15) is 6.42 Å². The summed E-state index contributed by atoms with van der Waals surface area (Å²) in [6.07, 6.45) is 6.34. The molecule has 2 nitrogen and oxygen atoms in total. The second-order valence-electron chi connectivity index (χ2n) is 1.80. The number of rotatable bonds is 5. The van der Waals surface area contributed by atoms with Crippen LogP contribution < -0.4 is 0 Å². The number of aldehydes is 1. The molecule has 0 rings (SSSR count). The maximum absolute atomic E-state index is 10.00. The van der Waals surface area contributed by atoms with Crippen molar-refractivity contribution in [1.82, 2.24) is 0 Å². The van der Waals surface area contributed by atoms with E-state index in [1.165, 1.54) is 0 Å². The molecular formula is C8H12O2. The zero-order chi connectivity index (χ0) is 7.82. The topological polar surface area (TPSA) is 26.3 Å². The van der Waals surface area contributed by atoms with Crippen LogP contribution in [0.3, 0.4) is 0 Å². The summed E-state index contributed by atoms with van der Waals surface area (Å²) in [6, 6.07) is 0. The van der Waals surface area contributed by atoms with Gasteiger partial charge in [0.2, 0.25) is 0 Å². The highest BCUT2D eigenvalue weighted by Crippen LogP contribution is 1.95. The molecule has 0 saturated carbocycles. The second kappa shape index (κ2) is 6.23. The van der Waals surface area contributed by atoms with E-state index in [4.69, 9.17) is 4.74 Å². The summed E-state index contributed by atoms with van der Waals surface area (Å²) >= 11 is 0. The molecule has 0 spiro atoms. The number of allylic oxidation sites excluding steroid dienone is 2. The molecule has 0 fully saturated rings. The van der Waals surface area contributed by atoms with Gasteiger partial charge < -0.3 is 9.53 Å².